The summed E-state index contributed by atoms with van der Waals surface area (Å²) < 4.78 is 39.7. The zero-order valence-corrected chi connectivity index (χ0v) is 26.7. The second-order valence-electron chi connectivity index (χ2n) is 11.3. The average molecular weight is 606 g/mol. The molecule has 0 aromatic carbocycles. The fraction of sp³-hybridized carbons (Fsp3) is 0.867. The first-order valence-electron chi connectivity index (χ1n) is 14.8. The number of ether oxygens (including phenoxy) is 7. The highest BCUT2D eigenvalue weighted by Crippen LogP contribution is 2.14. The standard InChI is InChI=1S/C30H55NO11/c1-25(32)10-19-36-13-7-16-39-22-30(31-28(35)42-29(4,5)6,23-40-17-8-14-37-20-11-26(2)33)24-41-18-9-15-38-21-12-27(3)34/h7-24H2,1-6H3,(H,31,35). The first kappa shape index (κ1) is 40.0. The Hall–Kier alpha value is -1.96. The Morgan fingerprint density at radius 3 is 1.10 bits per heavy atom. The largest absolute Gasteiger partial charge is 0.444 e. The predicted octanol–water partition coefficient (Wildman–Crippen LogP) is 3.46. The number of amides is 1. The van der Waals surface area contributed by atoms with Crippen LogP contribution in [0.3, 0.4) is 0 Å². The van der Waals surface area contributed by atoms with E-state index in [1.165, 1.54) is 20.8 Å². The lowest BCUT2D eigenvalue weighted by molar-refractivity contribution is -0.118. The molecular formula is C30H55NO11. The number of hydrogen-bond donors (Lipinski definition) is 1. The minimum absolute atomic E-state index is 0.0782. The van der Waals surface area contributed by atoms with Crippen molar-refractivity contribution in [2.24, 2.45) is 0 Å². The van der Waals surface area contributed by atoms with Crippen LogP contribution in [0.15, 0.2) is 0 Å². The fourth-order valence-corrected chi connectivity index (χ4v) is 3.30. The van der Waals surface area contributed by atoms with Crippen molar-refractivity contribution in [2.45, 2.75) is 91.2 Å². The number of ketones is 3. The Morgan fingerprint density at radius 1 is 0.500 bits per heavy atom. The fourth-order valence-electron chi connectivity index (χ4n) is 3.30. The van der Waals surface area contributed by atoms with E-state index in [1.54, 1.807) is 20.8 Å². The molecule has 0 saturated carbocycles. The molecule has 1 amide bonds. The normalized spacial score (nSPS) is 11.9. The van der Waals surface area contributed by atoms with Crippen LogP contribution in [0.1, 0.15) is 80.1 Å². The SMILES string of the molecule is CC(=O)CCOCCCOCC(COCCCOCCC(C)=O)(COCCCOCCC(C)=O)NC(=O)OC(C)(C)C. The molecule has 0 heterocycles. The van der Waals surface area contributed by atoms with Crippen LogP contribution < -0.4 is 5.32 Å². The third-order valence-electron chi connectivity index (χ3n) is 5.43. The Morgan fingerprint density at radius 2 is 0.810 bits per heavy atom. The van der Waals surface area contributed by atoms with Gasteiger partial charge in [-0.15, -0.1) is 0 Å². The number of carbonyl (C=O) groups is 4. The van der Waals surface area contributed by atoms with Gasteiger partial charge in [-0.1, -0.05) is 0 Å². The minimum atomic E-state index is -1.04. The van der Waals surface area contributed by atoms with Crippen LogP contribution in [0, 0.1) is 0 Å². The summed E-state index contributed by atoms with van der Waals surface area (Å²) in [6, 6.07) is 0. The van der Waals surface area contributed by atoms with Gasteiger partial charge < -0.3 is 38.5 Å². The monoisotopic (exact) mass is 605 g/mol. The first-order valence-corrected chi connectivity index (χ1v) is 14.8. The highest BCUT2D eigenvalue weighted by molar-refractivity contribution is 5.76. The number of rotatable bonds is 28. The van der Waals surface area contributed by atoms with Crippen molar-refractivity contribution in [2.75, 3.05) is 79.3 Å². The predicted molar refractivity (Wildman–Crippen MR) is 157 cm³/mol. The maximum Gasteiger partial charge on any atom is 0.408 e. The van der Waals surface area contributed by atoms with E-state index >= 15 is 0 Å². The topological polar surface area (TPSA) is 145 Å². The molecular weight excluding hydrogens is 550 g/mol. The summed E-state index contributed by atoms with van der Waals surface area (Å²) in [7, 11) is 0. The molecule has 0 radical (unpaired) electrons. The van der Waals surface area contributed by atoms with Crippen molar-refractivity contribution < 1.29 is 52.3 Å². The first-order chi connectivity index (χ1) is 19.9. The van der Waals surface area contributed by atoms with Gasteiger partial charge in [0.05, 0.1) is 39.6 Å². The Balaban J connectivity index is 5.07. The second-order valence-corrected chi connectivity index (χ2v) is 11.3. The van der Waals surface area contributed by atoms with Crippen molar-refractivity contribution in [1.82, 2.24) is 5.32 Å². The average Bonchev–Trinajstić information content (AvgIpc) is 2.87. The van der Waals surface area contributed by atoms with E-state index in [1.807, 2.05) is 0 Å². The van der Waals surface area contributed by atoms with E-state index in [0.29, 0.717) is 98.0 Å². The Labute approximate surface area is 251 Å². The molecule has 0 bridgehead atoms. The molecule has 0 rings (SSSR count). The maximum absolute atomic E-state index is 12.8. The van der Waals surface area contributed by atoms with Crippen LogP contribution in [0.5, 0.6) is 0 Å². The van der Waals surface area contributed by atoms with E-state index in [-0.39, 0.29) is 37.2 Å². The van der Waals surface area contributed by atoms with E-state index in [9.17, 15) is 19.2 Å². The lowest BCUT2D eigenvalue weighted by atomic mass is 10.0. The molecule has 12 heteroatoms. The lowest BCUT2D eigenvalue weighted by Crippen LogP contribution is -2.59. The van der Waals surface area contributed by atoms with Crippen LogP contribution >= 0.6 is 0 Å². The van der Waals surface area contributed by atoms with Crippen LogP contribution in [0.2, 0.25) is 0 Å². The molecule has 12 nitrogen and oxygen atoms in total. The number of hydrogen-bond acceptors (Lipinski definition) is 11. The highest BCUT2D eigenvalue weighted by atomic mass is 16.6. The number of carbonyl (C=O) groups excluding carboxylic acids is 4. The van der Waals surface area contributed by atoms with E-state index in [4.69, 9.17) is 33.2 Å². The molecule has 0 aromatic rings. The van der Waals surface area contributed by atoms with Gasteiger partial charge in [0.1, 0.15) is 28.5 Å². The summed E-state index contributed by atoms with van der Waals surface area (Å²) >= 11 is 0. The zero-order chi connectivity index (χ0) is 31.7. The van der Waals surface area contributed by atoms with Gasteiger partial charge in [-0.2, -0.15) is 0 Å². The van der Waals surface area contributed by atoms with Gasteiger partial charge in [-0.3, -0.25) is 14.4 Å². The highest BCUT2D eigenvalue weighted by Gasteiger charge is 2.35. The number of alkyl carbamates (subject to hydrolysis) is 1. The Bertz CT molecular complexity index is 678. The van der Waals surface area contributed by atoms with Gasteiger partial charge in [-0.05, 0) is 60.8 Å². The third-order valence-corrected chi connectivity index (χ3v) is 5.43. The summed E-state index contributed by atoms with van der Waals surface area (Å²) in [6.07, 6.45) is 2.34. The smallest absolute Gasteiger partial charge is 0.408 e. The lowest BCUT2D eigenvalue weighted by Gasteiger charge is -2.35. The van der Waals surface area contributed by atoms with Crippen molar-refractivity contribution in [3.8, 4) is 0 Å². The molecule has 246 valence electrons. The van der Waals surface area contributed by atoms with Crippen LogP contribution in [0.4, 0.5) is 4.79 Å². The van der Waals surface area contributed by atoms with Gasteiger partial charge in [0.15, 0.2) is 0 Å². The molecule has 0 aliphatic carbocycles. The second kappa shape index (κ2) is 24.5. The summed E-state index contributed by atoms with van der Waals surface area (Å²) in [5.41, 5.74) is -1.74. The Kier molecular flexibility index (Phi) is 23.3. The van der Waals surface area contributed by atoms with Gasteiger partial charge in [0, 0.05) is 58.9 Å². The van der Waals surface area contributed by atoms with Crippen LogP contribution in [0.25, 0.3) is 0 Å². The third kappa shape index (κ3) is 26.9. The van der Waals surface area contributed by atoms with Crippen LogP contribution in [-0.2, 0) is 47.5 Å². The van der Waals surface area contributed by atoms with Gasteiger partial charge in [-0.25, -0.2) is 4.79 Å². The molecule has 0 aliphatic heterocycles. The van der Waals surface area contributed by atoms with Gasteiger partial charge in [0.2, 0.25) is 0 Å². The van der Waals surface area contributed by atoms with E-state index in [2.05, 4.69) is 5.32 Å². The summed E-state index contributed by atoms with van der Waals surface area (Å²) in [6.45, 7) is 13.8. The molecule has 42 heavy (non-hydrogen) atoms. The molecule has 0 aliphatic rings. The van der Waals surface area contributed by atoms with Crippen molar-refractivity contribution in [1.29, 1.82) is 0 Å². The zero-order valence-electron chi connectivity index (χ0n) is 26.7. The molecule has 0 unspecified atom stereocenters. The summed E-state index contributed by atoms with van der Waals surface area (Å²) in [4.78, 5) is 46.0. The molecule has 1 N–H and O–H groups in total. The summed E-state index contributed by atoms with van der Waals surface area (Å²) in [5, 5.41) is 2.92. The van der Waals surface area contributed by atoms with Gasteiger partial charge in [0.25, 0.3) is 0 Å². The van der Waals surface area contributed by atoms with E-state index < -0.39 is 17.2 Å². The van der Waals surface area contributed by atoms with Crippen molar-refractivity contribution in [3.05, 3.63) is 0 Å². The molecule has 0 atom stereocenters. The number of Topliss-reactive ketones (excluding diaryl/α,β-unsaturated/α-hetero) is 3. The van der Waals surface area contributed by atoms with Crippen molar-refractivity contribution in [3.63, 3.8) is 0 Å². The quantitative estimate of drug-likeness (QED) is 0.131. The van der Waals surface area contributed by atoms with E-state index in [0.717, 1.165) is 0 Å². The molecule has 0 fully saturated rings. The van der Waals surface area contributed by atoms with Crippen molar-refractivity contribution >= 4 is 23.4 Å². The molecule has 0 spiro atoms. The molecule has 0 aromatic heterocycles. The minimum Gasteiger partial charge on any atom is -0.444 e. The maximum atomic E-state index is 12.8. The number of nitrogens with one attached hydrogen (secondary N) is 1. The molecule has 0 saturated heterocycles. The van der Waals surface area contributed by atoms with Crippen LogP contribution in [-0.4, -0.2) is 114 Å². The summed E-state index contributed by atoms with van der Waals surface area (Å²) in [5.74, 6) is 0.235. The van der Waals surface area contributed by atoms with Gasteiger partial charge >= 0.3 is 6.09 Å².